The van der Waals surface area contributed by atoms with Gasteiger partial charge in [-0.25, -0.2) is 0 Å². The lowest BCUT2D eigenvalue weighted by Crippen LogP contribution is -2.44. The highest BCUT2D eigenvalue weighted by atomic mass is 16.5. The quantitative estimate of drug-likeness (QED) is 0.797. The first-order valence-corrected chi connectivity index (χ1v) is 6.98. The smallest absolute Gasteiger partial charge is 0.0586 e. The molecule has 2 aliphatic carbocycles. The van der Waals surface area contributed by atoms with Gasteiger partial charge in [0.25, 0.3) is 0 Å². The summed E-state index contributed by atoms with van der Waals surface area (Å²) in [4.78, 5) is 0. The topological polar surface area (TPSA) is 21.3 Å². The van der Waals surface area contributed by atoms with E-state index in [9.17, 15) is 0 Å². The summed E-state index contributed by atoms with van der Waals surface area (Å²) in [5, 5.41) is 3.88. The first-order valence-electron chi connectivity index (χ1n) is 6.98. The summed E-state index contributed by atoms with van der Waals surface area (Å²) in [5.41, 5.74) is 0. The van der Waals surface area contributed by atoms with Crippen LogP contribution in [0.4, 0.5) is 0 Å². The minimum absolute atomic E-state index is 0.508. The third-order valence-electron chi connectivity index (χ3n) is 4.63. The van der Waals surface area contributed by atoms with Gasteiger partial charge in [-0.15, -0.1) is 0 Å². The van der Waals surface area contributed by atoms with E-state index in [1.165, 1.54) is 38.5 Å². The van der Waals surface area contributed by atoms with Crippen molar-refractivity contribution in [3.63, 3.8) is 0 Å². The second-order valence-corrected chi connectivity index (χ2v) is 6.04. The molecule has 94 valence electrons. The minimum Gasteiger partial charge on any atom is -0.381 e. The molecule has 2 fully saturated rings. The van der Waals surface area contributed by atoms with Crippen LogP contribution in [-0.2, 0) is 4.74 Å². The van der Waals surface area contributed by atoms with Crippen LogP contribution in [0.1, 0.15) is 52.4 Å². The zero-order valence-electron chi connectivity index (χ0n) is 11.0. The summed E-state index contributed by atoms with van der Waals surface area (Å²) in [7, 11) is 1.85. The maximum absolute atomic E-state index is 5.44. The fourth-order valence-electron chi connectivity index (χ4n) is 3.37. The van der Waals surface area contributed by atoms with Crippen molar-refractivity contribution in [1.82, 2.24) is 5.32 Å². The summed E-state index contributed by atoms with van der Waals surface area (Å²) in [6, 6.07) is 1.46. The number of rotatable bonds is 3. The second kappa shape index (κ2) is 5.50. The summed E-state index contributed by atoms with van der Waals surface area (Å²) in [5.74, 6) is 1.77. The van der Waals surface area contributed by atoms with Crippen LogP contribution in [0.2, 0.25) is 0 Å². The Kier molecular flexibility index (Phi) is 4.26. The normalized spacial score (nSPS) is 44.8. The minimum atomic E-state index is 0.508. The van der Waals surface area contributed by atoms with Gasteiger partial charge in [0.1, 0.15) is 0 Å². The van der Waals surface area contributed by atoms with E-state index in [0.29, 0.717) is 12.1 Å². The van der Waals surface area contributed by atoms with Crippen molar-refractivity contribution in [2.45, 2.75) is 70.6 Å². The van der Waals surface area contributed by atoms with Crippen molar-refractivity contribution in [2.75, 3.05) is 7.11 Å². The lowest BCUT2D eigenvalue weighted by Gasteiger charge is -2.35. The molecule has 0 aliphatic heterocycles. The zero-order valence-corrected chi connectivity index (χ0v) is 11.0. The average molecular weight is 225 g/mol. The molecular formula is C14H27NO. The van der Waals surface area contributed by atoms with E-state index >= 15 is 0 Å². The van der Waals surface area contributed by atoms with Crippen molar-refractivity contribution < 1.29 is 4.74 Å². The molecule has 1 N–H and O–H groups in total. The fraction of sp³-hybridized carbons (Fsp3) is 1.00. The largest absolute Gasteiger partial charge is 0.381 e. The van der Waals surface area contributed by atoms with Gasteiger partial charge in [0, 0.05) is 19.2 Å². The van der Waals surface area contributed by atoms with Crippen LogP contribution < -0.4 is 5.32 Å². The van der Waals surface area contributed by atoms with Crippen molar-refractivity contribution in [3.05, 3.63) is 0 Å². The van der Waals surface area contributed by atoms with Gasteiger partial charge < -0.3 is 10.1 Å². The molecule has 0 radical (unpaired) electrons. The molecule has 2 rings (SSSR count). The molecule has 2 nitrogen and oxygen atoms in total. The number of hydrogen-bond donors (Lipinski definition) is 1. The van der Waals surface area contributed by atoms with E-state index in [2.05, 4.69) is 19.2 Å². The summed E-state index contributed by atoms with van der Waals surface area (Å²) < 4.78 is 5.44. The molecule has 5 unspecified atom stereocenters. The van der Waals surface area contributed by atoms with E-state index < -0.39 is 0 Å². The predicted octanol–water partition coefficient (Wildman–Crippen LogP) is 2.97. The first-order chi connectivity index (χ1) is 7.69. The second-order valence-electron chi connectivity index (χ2n) is 6.04. The molecule has 16 heavy (non-hydrogen) atoms. The number of hydrogen-bond acceptors (Lipinski definition) is 2. The molecule has 2 aliphatic rings. The molecular weight excluding hydrogens is 198 g/mol. The van der Waals surface area contributed by atoms with E-state index in [4.69, 9.17) is 4.74 Å². The molecule has 0 aromatic rings. The maximum Gasteiger partial charge on any atom is 0.0586 e. The summed E-state index contributed by atoms with van der Waals surface area (Å²) >= 11 is 0. The SMILES string of the molecule is COC1CCC(NC2CC(C)CCC2C)C1. The molecule has 0 heterocycles. The fourth-order valence-corrected chi connectivity index (χ4v) is 3.37. The lowest BCUT2D eigenvalue weighted by molar-refractivity contribution is 0.105. The highest BCUT2D eigenvalue weighted by Crippen LogP contribution is 2.30. The molecule has 5 atom stereocenters. The summed E-state index contributed by atoms with van der Waals surface area (Å²) in [6.07, 6.45) is 8.46. The van der Waals surface area contributed by atoms with E-state index in [1.807, 2.05) is 7.11 Å². The number of methoxy groups -OCH3 is 1. The monoisotopic (exact) mass is 225 g/mol. The molecule has 2 heteroatoms. The zero-order chi connectivity index (χ0) is 11.5. The van der Waals surface area contributed by atoms with E-state index in [1.54, 1.807) is 0 Å². The van der Waals surface area contributed by atoms with Crippen LogP contribution in [0, 0.1) is 11.8 Å². The van der Waals surface area contributed by atoms with Crippen molar-refractivity contribution >= 4 is 0 Å². The van der Waals surface area contributed by atoms with Gasteiger partial charge in [-0.05, 0) is 43.9 Å². The average Bonchev–Trinajstić information content (AvgIpc) is 2.71. The van der Waals surface area contributed by atoms with Crippen molar-refractivity contribution in [3.8, 4) is 0 Å². The van der Waals surface area contributed by atoms with Crippen LogP contribution in [0.15, 0.2) is 0 Å². The Morgan fingerprint density at radius 1 is 1.00 bits per heavy atom. The Hall–Kier alpha value is -0.0800. The molecule has 0 bridgehead atoms. The molecule has 0 amide bonds. The van der Waals surface area contributed by atoms with Gasteiger partial charge in [0.05, 0.1) is 6.10 Å². The van der Waals surface area contributed by atoms with Gasteiger partial charge in [0.2, 0.25) is 0 Å². The summed E-state index contributed by atoms with van der Waals surface area (Å²) in [6.45, 7) is 4.81. The Morgan fingerprint density at radius 2 is 1.81 bits per heavy atom. The van der Waals surface area contributed by atoms with Gasteiger partial charge in [0.15, 0.2) is 0 Å². The van der Waals surface area contributed by atoms with Gasteiger partial charge in [-0.2, -0.15) is 0 Å². The Balaban J connectivity index is 1.80. The van der Waals surface area contributed by atoms with Crippen LogP contribution in [-0.4, -0.2) is 25.3 Å². The number of nitrogens with one attached hydrogen (secondary N) is 1. The lowest BCUT2D eigenvalue weighted by atomic mass is 9.80. The van der Waals surface area contributed by atoms with Crippen LogP contribution in [0.3, 0.4) is 0 Å². The van der Waals surface area contributed by atoms with Crippen molar-refractivity contribution in [1.29, 1.82) is 0 Å². The Labute approximate surface area is 100 Å². The van der Waals surface area contributed by atoms with Crippen molar-refractivity contribution in [2.24, 2.45) is 11.8 Å². The van der Waals surface area contributed by atoms with Crippen LogP contribution in [0.5, 0.6) is 0 Å². The van der Waals surface area contributed by atoms with Crippen LogP contribution in [0.25, 0.3) is 0 Å². The third kappa shape index (κ3) is 2.98. The molecule has 2 saturated carbocycles. The first kappa shape index (κ1) is 12.4. The Bertz CT molecular complexity index is 219. The highest BCUT2D eigenvalue weighted by molar-refractivity contribution is 4.88. The number of ether oxygens (including phenoxy) is 1. The molecule has 0 aromatic heterocycles. The Morgan fingerprint density at radius 3 is 2.50 bits per heavy atom. The molecule has 0 aromatic carbocycles. The molecule has 0 spiro atoms. The standard InChI is InChI=1S/C14H27NO/c1-10-4-5-11(2)14(8-10)15-12-6-7-13(9-12)16-3/h10-15H,4-9H2,1-3H3. The maximum atomic E-state index is 5.44. The predicted molar refractivity (Wildman–Crippen MR) is 67.5 cm³/mol. The van der Waals surface area contributed by atoms with Gasteiger partial charge in [-0.1, -0.05) is 20.3 Å². The van der Waals surface area contributed by atoms with E-state index in [-0.39, 0.29) is 0 Å². The molecule has 0 saturated heterocycles. The van der Waals surface area contributed by atoms with Gasteiger partial charge in [-0.3, -0.25) is 0 Å². The third-order valence-corrected chi connectivity index (χ3v) is 4.63. The highest BCUT2D eigenvalue weighted by Gasteiger charge is 2.30. The van der Waals surface area contributed by atoms with Crippen LogP contribution >= 0.6 is 0 Å². The van der Waals surface area contributed by atoms with Gasteiger partial charge >= 0.3 is 0 Å². The van der Waals surface area contributed by atoms with E-state index in [0.717, 1.165) is 17.9 Å².